The van der Waals surface area contributed by atoms with Crippen LogP contribution >= 0.6 is 0 Å². The Balaban J connectivity index is 1.98. The molecule has 0 radical (unpaired) electrons. The summed E-state index contributed by atoms with van der Waals surface area (Å²) < 4.78 is 10.8. The van der Waals surface area contributed by atoms with Crippen molar-refractivity contribution in [2.75, 3.05) is 0 Å². The third-order valence-corrected chi connectivity index (χ3v) is 3.34. The van der Waals surface area contributed by atoms with Crippen molar-refractivity contribution in [3.8, 4) is 5.75 Å². The molecule has 0 amide bonds. The number of hydrogen-bond acceptors (Lipinski definition) is 4. The van der Waals surface area contributed by atoms with Gasteiger partial charge in [0.15, 0.2) is 0 Å². The highest BCUT2D eigenvalue weighted by molar-refractivity contribution is 5.29. The highest BCUT2D eigenvalue weighted by Gasteiger charge is 2.14. The van der Waals surface area contributed by atoms with Crippen molar-refractivity contribution in [2.45, 2.75) is 52.8 Å². The summed E-state index contributed by atoms with van der Waals surface area (Å²) in [6, 6.07) is 10.5. The van der Waals surface area contributed by atoms with E-state index in [0.29, 0.717) is 0 Å². The van der Waals surface area contributed by atoms with E-state index in [1.165, 1.54) is 5.56 Å². The minimum Gasteiger partial charge on any atom is -0.491 e. The first kappa shape index (κ1) is 15.6. The number of aryl methyl sites for hydroxylation is 1. The van der Waals surface area contributed by atoms with Gasteiger partial charge in [-0.05, 0) is 52.3 Å². The SMILES string of the molecule is Cc1cc([C@@H](C)N[C@H](C)c2ccc(OC(C)C)cc2)no1. The topological polar surface area (TPSA) is 47.3 Å². The molecule has 0 saturated heterocycles. The van der Waals surface area contributed by atoms with Crippen LogP contribution in [0.3, 0.4) is 0 Å². The van der Waals surface area contributed by atoms with Gasteiger partial charge in [-0.2, -0.15) is 0 Å². The summed E-state index contributed by atoms with van der Waals surface area (Å²) in [5.74, 6) is 1.74. The lowest BCUT2D eigenvalue weighted by molar-refractivity contribution is 0.242. The Morgan fingerprint density at radius 2 is 1.71 bits per heavy atom. The molecule has 0 aliphatic heterocycles. The fourth-order valence-electron chi connectivity index (χ4n) is 2.25. The third-order valence-electron chi connectivity index (χ3n) is 3.34. The minimum atomic E-state index is 0.143. The van der Waals surface area contributed by atoms with Gasteiger partial charge in [-0.3, -0.25) is 0 Å². The van der Waals surface area contributed by atoms with Gasteiger partial charge in [-0.15, -0.1) is 0 Å². The molecule has 2 rings (SSSR count). The maximum atomic E-state index is 5.66. The number of nitrogens with one attached hydrogen (secondary N) is 1. The zero-order valence-corrected chi connectivity index (χ0v) is 13.4. The molecule has 2 atom stereocenters. The van der Waals surface area contributed by atoms with Crippen molar-refractivity contribution in [2.24, 2.45) is 0 Å². The van der Waals surface area contributed by atoms with Gasteiger partial charge in [-0.25, -0.2) is 0 Å². The molecule has 1 heterocycles. The van der Waals surface area contributed by atoms with Gasteiger partial charge in [-0.1, -0.05) is 17.3 Å². The van der Waals surface area contributed by atoms with E-state index in [1.54, 1.807) is 0 Å². The maximum absolute atomic E-state index is 5.66. The predicted octanol–water partition coefficient (Wildman–Crippen LogP) is 4.18. The van der Waals surface area contributed by atoms with Gasteiger partial charge in [0, 0.05) is 12.1 Å². The Labute approximate surface area is 126 Å². The molecule has 4 nitrogen and oxygen atoms in total. The van der Waals surface area contributed by atoms with Crippen molar-refractivity contribution in [3.05, 3.63) is 47.3 Å². The van der Waals surface area contributed by atoms with E-state index >= 15 is 0 Å². The summed E-state index contributed by atoms with van der Waals surface area (Å²) in [5, 5.41) is 7.57. The predicted molar refractivity (Wildman–Crippen MR) is 83.4 cm³/mol. The van der Waals surface area contributed by atoms with E-state index in [4.69, 9.17) is 9.26 Å². The standard InChI is InChI=1S/C17H24N2O2/c1-11(2)20-16-8-6-15(7-9-16)13(4)18-14(5)17-10-12(3)21-19-17/h6-11,13-14,18H,1-5H3/t13-,14-/m1/s1. The van der Waals surface area contributed by atoms with Crippen LogP contribution in [0.4, 0.5) is 0 Å². The van der Waals surface area contributed by atoms with Crippen molar-refractivity contribution in [1.82, 2.24) is 10.5 Å². The molecule has 1 aromatic heterocycles. The molecule has 0 bridgehead atoms. The summed E-state index contributed by atoms with van der Waals surface area (Å²) in [5.41, 5.74) is 2.15. The van der Waals surface area contributed by atoms with Crippen LogP contribution in [-0.4, -0.2) is 11.3 Å². The molecular formula is C17H24N2O2. The van der Waals surface area contributed by atoms with Crippen LogP contribution < -0.4 is 10.1 Å². The Morgan fingerprint density at radius 3 is 2.24 bits per heavy atom. The summed E-state index contributed by atoms with van der Waals surface area (Å²) >= 11 is 0. The maximum Gasteiger partial charge on any atom is 0.133 e. The van der Waals surface area contributed by atoms with Gasteiger partial charge >= 0.3 is 0 Å². The van der Waals surface area contributed by atoms with Crippen LogP contribution in [0, 0.1) is 6.92 Å². The van der Waals surface area contributed by atoms with E-state index in [9.17, 15) is 0 Å². The summed E-state index contributed by atoms with van der Waals surface area (Å²) in [6.07, 6.45) is 0.196. The van der Waals surface area contributed by atoms with E-state index in [2.05, 4.69) is 36.5 Å². The van der Waals surface area contributed by atoms with E-state index in [-0.39, 0.29) is 18.2 Å². The van der Waals surface area contributed by atoms with Crippen LogP contribution in [0.5, 0.6) is 5.75 Å². The normalized spacial score (nSPS) is 14.2. The summed E-state index contributed by atoms with van der Waals surface area (Å²) in [7, 11) is 0. The van der Waals surface area contributed by atoms with E-state index < -0.39 is 0 Å². The second-order valence-corrected chi connectivity index (χ2v) is 5.71. The fraction of sp³-hybridized carbons (Fsp3) is 0.471. The number of hydrogen-bond donors (Lipinski definition) is 1. The highest BCUT2D eigenvalue weighted by atomic mass is 16.5. The molecule has 1 N–H and O–H groups in total. The first-order valence-electron chi connectivity index (χ1n) is 7.41. The van der Waals surface area contributed by atoms with Crippen LogP contribution in [0.2, 0.25) is 0 Å². The van der Waals surface area contributed by atoms with Gasteiger partial charge in [0.25, 0.3) is 0 Å². The lowest BCUT2D eigenvalue weighted by atomic mass is 10.1. The lowest BCUT2D eigenvalue weighted by Gasteiger charge is -2.19. The highest BCUT2D eigenvalue weighted by Crippen LogP contribution is 2.22. The first-order chi connectivity index (χ1) is 9.95. The second kappa shape index (κ2) is 6.76. The molecule has 0 aliphatic rings. The number of rotatable bonds is 6. The lowest BCUT2D eigenvalue weighted by Crippen LogP contribution is -2.22. The van der Waals surface area contributed by atoms with Gasteiger partial charge in [0.2, 0.25) is 0 Å². The monoisotopic (exact) mass is 288 g/mol. The molecule has 2 aromatic rings. The zero-order chi connectivity index (χ0) is 15.4. The summed E-state index contributed by atoms with van der Waals surface area (Å²) in [6.45, 7) is 10.2. The summed E-state index contributed by atoms with van der Waals surface area (Å²) in [4.78, 5) is 0. The molecule has 0 unspecified atom stereocenters. The molecule has 0 aliphatic carbocycles. The Hall–Kier alpha value is -1.81. The molecule has 4 heteroatoms. The van der Waals surface area contributed by atoms with Gasteiger partial charge < -0.3 is 14.6 Å². The molecule has 21 heavy (non-hydrogen) atoms. The Morgan fingerprint density at radius 1 is 1.05 bits per heavy atom. The smallest absolute Gasteiger partial charge is 0.133 e. The second-order valence-electron chi connectivity index (χ2n) is 5.71. The van der Waals surface area contributed by atoms with Crippen LogP contribution in [0.15, 0.2) is 34.9 Å². The largest absolute Gasteiger partial charge is 0.491 e. The van der Waals surface area contributed by atoms with Crippen molar-refractivity contribution < 1.29 is 9.26 Å². The molecule has 1 aromatic carbocycles. The average Bonchev–Trinajstić information content (AvgIpc) is 2.85. The van der Waals surface area contributed by atoms with E-state index in [1.807, 2.05) is 39.0 Å². The number of benzene rings is 1. The third kappa shape index (κ3) is 4.33. The number of nitrogens with zero attached hydrogens (tertiary/aromatic N) is 1. The Bertz CT molecular complexity index is 560. The minimum absolute atomic E-state index is 0.143. The van der Waals surface area contributed by atoms with Crippen LogP contribution in [-0.2, 0) is 0 Å². The Kier molecular flexibility index (Phi) is 5.02. The van der Waals surface area contributed by atoms with Crippen molar-refractivity contribution in [3.63, 3.8) is 0 Å². The molecule has 0 saturated carbocycles. The van der Waals surface area contributed by atoms with Crippen molar-refractivity contribution >= 4 is 0 Å². The molecule has 0 spiro atoms. The van der Waals surface area contributed by atoms with E-state index in [0.717, 1.165) is 17.2 Å². The quantitative estimate of drug-likeness (QED) is 0.866. The van der Waals surface area contributed by atoms with Gasteiger partial charge in [0.05, 0.1) is 12.1 Å². The average molecular weight is 288 g/mol. The number of aromatic nitrogens is 1. The molecule has 0 fully saturated rings. The zero-order valence-electron chi connectivity index (χ0n) is 13.4. The molecule has 114 valence electrons. The fourth-order valence-corrected chi connectivity index (χ4v) is 2.25. The van der Waals surface area contributed by atoms with Crippen LogP contribution in [0.1, 0.15) is 56.8 Å². The van der Waals surface area contributed by atoms with Crippen LogP contribution in [0.25, 0.3) is 0 Å². The molecular weight excluding hydrogens is 264 g/mol. The number of ether oxygens (including phenoxy) is 1. The van der Waals surface area contributed by atoms with Gasteiger partial charge in [0.1, 0.15) is 17.2 Å². The first-order valence-corrected chi connectivity index (χ1v) is 7.41. The van der Waals surface area contributed by atoms with Crippen molar-refractivity contribution in [1.29, 1.82) is 0 Å².